The monoisotopic (exact) mass is 278 g/mol. The molecule has 1 unspecified atom stereocenters. The van der Waals surface area contributed by atoms with Gasteiger partial charge >= 0.3 is 0 Å². The first-order chi connectivity index (χ1) is 9.55. The molecule has 1 heterocycles. The lowest BCUT2D eigenvalue weighted by atomic mass is 10.0. The largest absolute Gasteiger partial charge is 0.494 e. The lowest BCUT2D eigenvalue weighted by Crippen LogP contribution is -2.04. The van der Waals surface area contributed by atoms with Crippen LogP contribution in [0.25, 0.3) is 0 Å². The van der Waals surface area contributed by atoms with Gasteiger partial charge in [-0.2, -0.15) is 5.10 Å². The first kappa shape index (κ1) is 14.5. The molecule has 0 aliphatic rings. The summed E-state index contributed by atoms with van der Waals surface area (Å²) in [7, 11) is 3.25. The Kier molecular flexibility index (Phi) is 4.39. The summed E-state index contributed by atoms with van der Waals surface area (Å²) >= 11 is 0. The summed E-state index contributed by atoms with van der Waals surface area (Å²) in [6.45, 7) is 1.99. The lowest BCUT2D eigenvalue weighted by Gasteiger charge is -2.11. The average Bonchev–Trinajstić information content (AvgIpc) is 2.80. The Labute approximate surface area is 117 Å². The van der Waals surface area contributed by atoms with Crippen LogP contribution in [0, 0.1) is 5.82 Å². The summed E-state index contributed by atoms with van der Waals surface area (Å²) in [6, 6.07) is 4.72. The highest BCUT2D eigenvalue weighted by molar-refractivity contribution is 5.31. The molecule has 1 aromatic heterocycles. The van der Waals surface area contributed by atoms with E-state index in [0.29, 0.717) is 6.42 Å². The van der Waals surface area contributed by atoms with Crippen molar-refractivity contribution in [1.82, 2.24) is 9.78 Å². The number of methoxy groups -OCH3 is 1. The van der Waals surface area contributed by atoms with E-state index in [4.69, 9.17) is 4.74 Å². The van der Waals surface area contributed by atoms with Crippen LogP contribution in [0.4, 0.5) is 4.39 Å². The quantitative estimate of drug-likeness (QED) is 0.913. The first-order valence-electron chi connectivity index (χ1n) is 6.58. The van der Waals surface area contributed by atoms with Crippen molar-refractivity contribution in [2.75, 3.05) is 7.11 Å². The molecular formula is C15H19FN2O2. The maximum absolute atomic E-state index is 13.6. The van der Waals surface area contributed by atoms with Crippen molar-refractivity contribution in [3.05, 3.63) is 47.0 Å². The van der Waals surface area contributed by atoms with E-state index in [0.717, 1.165) is 23.2 Å². The second-order valence-electron chi connectivity index (χ2n) is 4.75. The van der Waals surface area contributed by atoms with Crippen molar-refractivity contribution in [2.24, 2.45) is 7.05 Å². The summed E-state index contributed by atoms with van der Waals surface area (Å²) in [6.07, 6.45) is 2.22. The minimum Gasteiger partial charge on any atom is -0.494 e. The van der Waals surface area contributed by atoms with Gasteiger partial charge in [0, 0.05) is 25.2 Å². The number of rotatable bonds is 5. The summed E-state index contributed by atoms with van der Waals surface area (Å²) in [5.74, 6) is -0.210. The van der Waals surface area contributed by atoms with E-state index in [-0.39, 0.29) is 5.75 Å². The molecule has 4 nitrogen and oxygen atoms in total. The summed E-state index contributed by atoms with van der Waals surface area (Å²) in [4.78, 5) is 0. The molecule has 0 saturated carbocycles. The third-order valence-corrected chi connectivity index (χ3v) is 3.28. The van der Waals surface area contributed by atoms with Crippen LogP contribution in [0.5, 0.6) is 5.75 Å². The Balaban J connectivity index is 2.18. The van der Waals surface area contributed by atoms with Crippen LogP contribution in [0.3, 0.4) is 0 Å². The van der Waals surface area contributed by atoms with E-state index in [1.807, 2.05) is 20.2 Å². The van der Waals surface area contributed by atoms with Crippen molar-refractivity contribution in [2.45, 2.75) is 25.9 Å². The Morgan fingerprint density at radius 3 is 2.80 bits per heavy atom. The van der Waals surface area contributed by atoms with Crippen LogP contribution in [0.1, 0.15) is 29.8 Å². The van der Waals surface area contributed by atoms with Crippen molar-refractivity contribution in [1.29, 1.82) is 0 Å². The molecule has 0 fully saturated rings. The number of ether oxygens (including phenoxy) is 1. The number of hydrogen-bond acceptors (Lipinski definition) is 3. The molecule has 0 saturated heterocycles. The van der Waals surface area contributed by atoms with Gasteiger partial charge in [0.1, 0.15) is 0 Å². The molecule has 108 valence electrons. The standard InChI is InChI=1S/C15H19FN2O2/c1-4-13-11(9-18(2)17-13)14(19)8-10-5-6-15(20-3)12(16)7-10/h5-7,9,14,19H,4,8H2,1-3H3. The maximum atomic E-state index is 13.6. The van der Waals surface area contributed by atoms with Gasteiger partial charge in [-0.05, 0) is 24.1 Å². The fourth-order valence-corrected chi connectivity index (χ4v) is 2.28. The van der Waals surface area contributed by atoms with E-state index in [1.165, 1.54) is 13.2 Å². The zero-order valence-electron chi connectivity index (χ0n) is 11.9. The SMILES string of the molecule is CCc1nn(C)cc1C(O)Cc1ccc(OC)c(F)c1. The minimum atomic E-state index is -0.688. The van der Waals surface area contributed by atoms with Crippen LogP contribution in [-0.2, 0) is 19.9 Å². The third-order valence-electron chi connectivity index (χ3n) is 3.28. The zero-order chi connectivity index (χ0) is 14.7. The van der Waals surface area contributed by atoms with E-state index < -0.39 is 11.9 Å². The number of benzene rings is 1. The van der Waals surface area contributed by atoms with Gasteiger partial charge in [-0.1, -0.05) is 13.0 Å². The topological polar surface area (TPSA) is 47.3 Å². The van der Waals surface area contributed by atoms with Crippen LogP contribution >= 0.6 is 0 Å². The van der Waals surface area contributed by atoms with Gasteiger partial charge in [0.15, 0.2) is 11.6 Å². The predicted molar refractivity (Wildman–Crippen MR) is 74.2 cm³/mol. The third kappa shape index (κ3) is 2.99. The molecule has 1 N–H and O–H groups in total. The van der Waals surface area contributed by atoms with Crippen molar-refractivity contribution in [3.63, 3.8) is 0 Å². The highest BCUT2D eigenvalue weighted by atomic mass is 19.1. The van der Waals surface area contributed by atoms with Gasteiger partial charge < -0.3 is 9.84 Å². The average molecular weight is 278 g/mol. The fraction of sp³-hybridized carbons (Fsp3) is 0.400. The van der Waals surface area contributed by atoms with Gasteiger partial charge in [-0.3, -0.25) is 4.68 Å². The van der Waals surface area contributed by atoms with E-state index in [9.17, 15) is 9.50 Å². The van der Waals surface area contributed by atoms with Gasteiger partial charge in [0.05, 0.1) is 18.9 Å². The number of aliphatic hydroxyl groups excluding tert-OH is 1. The number of aromatic nitrogens is 2. The van der Waals surface area contributed by atoms with Crippen LogP contribution in [0.2, 0.25) is 0 Å². The van der Waals surface area contributed by atoms with Gasteiger partial charge in [-0.15, -0.1) is 0 Å². The second kappa shape index (κ2) is 6.05. The molecule has 0 bridgehead atoms. The number of aryl methyl sites for hydroxylation is 2. The molecule has 0 aliphatic carbocycles. The molecule has 20 heavy (non-hydrogen) atoms. The molecule has 1 atom stereocenters. The first-order valence-corrected chi connectivity index (χ1v) is 6.58. The highest BCUT2D eigenvalue weighted by Crippen LogP contribution is 2.24. The fourth-order valence-electron chi connectivity index (χ4n) is 2.28. The number of hydrogen-bond donors (Lipinski definition) is 1. The Morgan fingerprint density at radius 1 is 1.45 bits per heavy atom. The smallest absolute Gasteiger partial charge is 0.165 e. The molecule has 0 amide bonds. The second-order valence-corrected chi connectivity index (χ2v) is 4.75. The summed E-state index contributed by atoms with van der Waals surface area (Å²) in [5.41, 5.74) is 2.39. The lowest BCUT2D eigenvalue weighted by molar-refractivity contribution is 0.177. The summed E-state index contributed by atoms with van der Waals surface area (Å²) < 4.78 is 20.2. The molecule has 1 aromatic carbocycles. The highest BCUT2D eigenvalue weighted by Gasteiger charge is 2.16. The Hall–Kier alpha value is -1.88. The van der Waals surface area contributed by atoms with E-state index in [1.54, 1.807) is 16.8 Å². The van der Waals surface area contributed by atoms with E-state index in [2.05, 4.69) is 5.10 Å². The molecule has 0 spiro atoms. The Morgan fingerprint density at radius 2 is 2.20 bits per heavy atom. The molecule has 2 rings (SSSR count). The van der Waals surface area contributed by atoms with Crippen LogP contribution < -0.4 is 4.74 Å². The van der Waals surface area contributed by atoms with Gasteiger partial charge in [-0.25, -0.2) is 4.39 Å². The van der Waals surface area contributed by atoms with Crippen LogP contribution in [0.15, 0.2) is 24.4 Å². The normalized spacial score (nSPS) is 12.4. The van der Waals surface area contributed by atoms with Crippen molar-refractivity contribution in [3.8, 4) is 5.75 Å². The number of halogens is 1. The van der Waals surface area contributed by atoms with Crippen molar-refractivity contribution < 1.29 is 14.2 Å². The Bertz CT molecular complexity index is 596. The zero-order valence-corrected chi connectivity index (χ0v) is 11.9. The number of nitrogens with zero attached hydrogens (tertiary/aromatic N) is 2. The maximum Gasteiger partial charge on any atom is 0.165 e. The molecular weight excluding hydrogens is 259 g/mol. The molecule has 0 radical (unpaired) electrons. The van der Waals surface area contributed by atoms with Gasteiger partial charge in [0.2, 0.25) is 0 Å². The molecule has 0 aliphatic heterocycles. The number of aliphatic hydroxyl groups is 1. The summed E-state index contributed by atoms with van der Waals surface area (Å²) in [5, 5.41) is 14.6. The minimum absolute atomic E-state index is 0.207. The van der Waals surface area contributed by atoms with Crippen LogP contribution in [-0.4, -0.2) is 22.0 Å². The predicted octanol–water partition coefficient (Wildman–Crippen LogP) is 2.41. The van der Waals surface area contributed by atoms with E-state index >= 15 is 0 Å². The molecule has 2 aromatic rings. The molecule has 5 heteroatoms. The van der Waals surface area contributed by atoms with Gasteiger partial charge in [0.25, 0.3) is 0 Å². The van der Waals surface area contributed by atoms with Crippen molar-refractivity contribution >= 4 is 0 Å².